The van der Waals surface area contributed by atoms with Gasteiger partial charge in [-0.2, -0.15) is 0 Å². The van der Waals surface area contributed by atoms with Gasteiger partial charge in [0.15, 0.2) is 5.13 Å². The Bertz CT molecular complexity index is 1330. The van der Waals surface area contributed by atoms with E-state index in [0.717, 1.165) is 34.0 Å². The average molecular weight is 454 g/mol. The fourth-order valence-electron chi connectivity index (χ4n) is 3.79. The van der Waals surface area contributed by atoms with Crippen LogP contribution in [0, 0.1) is 0 Å². The molecule has 158 valence electrons. The molecular formula is C22H20ClN5O2S. The number of nitrogens with one attached hydrogen (secondary N) is 1. The van der Waals surface area contributed by atoms with E-state index in [1.165, 1.54) is 0 Å². The number of aromatic amines is 1. The Morgan fingerprint density at radius 2 is 1.87 bits per heavy atom. The molecule has 31 heavy (non-hydrogen) atoms. The summed E-state index contributed by atoms with van der Waals surface area (Å²) in [6.07, 6.45) is 0.603. The number of thiazole rings is 1. The lowest BCUT2D eigenvalue weighted by Gasteiger charge is -2.34. The monoisotopic (exact) mass is 453 g/mol. The summed E-state index contributed by atoms with van der Waals surface area (Å²) in [6.45, 7) is 2.73. The van der Waals surface area contributed by atoms with Crippen LogP contribution in [-0.2, 0) is 11.2 Å². The van der Waals surface area contributed by atoms with Crippen LogP contribution in [-0.4, -0.2) is 51.9 Å². The number of rotatable bonds is 4. The zero-order valence-electron chi connectivity index (χ0n) is 16.7. The molecular weight excluding hydrogens is 434 g/mol. The lowest BCUT2D eigenvalue weighted by atomic mass is 10.2. The molecule has 0 atom stereocenters. The fraction of sp³-hybridized carbons (Fsp3) is 0.273. The molecule has 1 saturated heterocycles. The van der Waals surface area contributed by atoms with Gasteiger partial charge >= 0.3 is 0 Å². The van der Waals surface area contributed by atoms with Crippen molar-refractivity contribution in [3.63, 3.8) is 0 Å². The van der Waals surface area contributed by atoms with Crippen molar-refractivity contribution in [1.29, 1.82) is 0 Å². The number of nitrogens with zero attached hydrogens (tertiary/aromatic N) is 4. The number of aryl methyl sites for hydroxylation is 1. The van der Waals surface area contributed by atoms with E-state index >= 15 is 0 Å². The molecule has 1 N–H and O–H groups in total. The van der Waals surface area contributed by atoms with Gasteiger partial charge in [0.2, 0.25) is 5.91 Å². The lowest BCUT2D eigenvalue weighted by molar-refractivity contribution is -0.131. The molecule has 0 unspecified atom stereocenters. The van der Waals surface area contributed by atoms with Crippen molar-refractivity contribution in [3.05, 3.63) is 63.5 Å². The number of aromatic nitrogens is 3. The van der Waals surface area contributed by atoms with Crippen LogP contribution < -0.4 is 10.5 Å². The van der Waals surface area contributed by atoms with E-state index in [1.54, 1.807) is 11.3 Å². The number of carbonyl (C=O) groups excluding carboxylic acids is 1. The first-order chi connectivity index (χ1) is 15.1. The number of anilines is 1. The zero-order chi connectivity index (χ0) is 21.4. The van der Waals surface area contributed by atoms with Gasteiger partial charge in [0.1, 0.15) is 5.69 Å². The smallest absolute Gasteiger partial charge is 0.270 e. The minimum absolute atomic E-state index is 0.0464. The lowest BCUT2D eigenvalue weighted by Crippen LogP contribution is -2.48. The number of H-pyrrole nitrogens is 1. The molecule has 2 aromatic carbocycles. The van der Waals surface area contributed by atoms with Crippen LogP contribution in [0.4, 0.5) is 5.13 Å². The molecule has 1 aliphatic rings. The molecule has 1 aliphatic heterocycles. The van der Waals surface area contributed by atoms with Gasteiger partial charge in [-0.3, -0.25) is 9.59 Å². The van der Waals surface area contributed by atoms with Crippen molar-refractivity contribution in [2.45, 2.75) is 12.8 Å². The van der Waals surface area contributed by atoms with Crippen LogP contribution in [0.5, 0.6) is 0 Å². The molecule has 5 rings (SSSR count). The number of para-hydroxylation sites is 2. The van der Waals surface area contributed by atoms with E-state index < -0.39 is 0 Å². The van der Waals surface area contributed by atoms with E-state index in [2.05, 4.69) is 14.9 Å². The molecule has 9 heteroatoms. The van der Waals surface area contributed by atoms with Gasteiger partial charge in [-0.05, 0) is 30.3 Å². The van der Waals surface area contributed by atoms with Crippen LogP contribution in [0.1, 0.15) is 12.1 Å². The highest BCUT2D eigenvalue weighted by atomic mass is 35.5. The normalized spacial score (nSPS) is 14.5. The van der Waals surface area contributed by atoms with Crippen LogP contribution in [0.2, 0.25) is 5.02 Å². The topological polar surface area (TPSA) is 82.2 Å². The Labute approximate surface area is 187 Å². The highest BCUT2D eigenvalue weighted by molar-refractivity contribution is 7.22. The van der Waals surface area contributed by atoms with Crippen molar-refractivity contribution in [1.82, 2.24) is 19.9 Å². The maximum atomic E-state index is 12.7. The number of piperazine rings is 1. The van der Waals surface area contributed by atoms with Gasteiger partial charge in [0.25, 0.3) is 5.56 Å². The third kappa shape index (κ3) is 4.13. The second-order valence-corrected chi connectivity index (χ2v) is 8.95. The molecule has 3 heterocycles. The summed E-state index contributed by atoms with van der Waals surface area (Å²) in [4.78, 5) is 41.0. The van der Waals surface area contributed by atoms with Crippen LogP contribution >= 0.6 is 22.9 Å². The quantitative estimate of drug-likeness (QED) is 0.511. The van der Waals surface area contributed by atoms with Gasteiger partial charge in [-0.25, -0.2) is 9.97 Å². The highest BCUT2D eigenvalue weighted by Crippen LogP contribution is 2.31. The Kier molecular flexibility index (Phi) is 5.33. The number of fused-ring (bicyclic) bond motifs is 2. The first-order valence-corrected chi connectivity index (χ1v) is 11.3. The maximum absolute atomic E-state index is 12.7. The zero-order valence-corrected chi connectivity index (χ0v) is 18.2. The van der Waals surface area contributed by atoms with Gasteiger partial charge < -0.3 is 14.8 Å². The predicted octanol–water partition coefficient (Wildman–Crippen LogP) is 3.47. The van der Waals surface area contributed by atoms with Crippen molar-refractivity contribution in [3.8, 4) is 0 Å². The number of hydrogen-bond donors (Lipinski definition) is 1. The van der Waals surface area contributed by atoms with Gasteiger partial charge in [-0.1, -0.05) is 35.1 Å². The minimum atomic E-state index is -0.229. The molecule has 4 aromatic rings. The standard InChI is InChI=1S/C22H20ClN5O2S/c23-14-5-6-17-19(13-14)31-22(26-17)28-11-9-27(10-12-28)20(29)8-7-18-21(30)25-16-4-2-1-3-15(16)24-18/h1-6,13H,7-12H2,(H,25,30). The molecule has 1 amide bonds. The Hall–Kier alpha value is -2.97. The molecule has 0 aliphatic carbocycles. The summed E-state index contributed by atoms with van der Waals surface area (Å²) in [5, 5.41) is 1.66. The molecule has 7 nitrogen and oxygen atoms in total. The molecule has 0 saturated carbocycles. The summed E-state index contributed by atoms with van der Waals surface area (Å²) in [5.74, 6) is 0.0464. The first kappa shape index (κ1) is 20.0. The highest BCUT2D eigenvalue weighted by Gasteiger charge is 2.23. The summed E-state index contributed by atoms with van der Waals surface area (Å²) >= 11 is 7.69. The minimum Gasteiger partial charge on any atom is -0.345 e. The second-order valence-electron chi connectivity index (χ2n) is 7.51. The maximum Gasteiger partial charge on any atom is 0.270 e. The van der Waals surface area contributed by atoms with Crippen molar-refractivity contribution in [2.24, 2.45) is 0 Å². The molecule has 0 bridgehead atoms. The summed E-state index contributed by atoms with van der Waals surface area (Å²) in [6, 6.07) is 13.1. The summed E-state index contributed by atoms with van der Waals surface area (Å²) in [5.41, 5.74) is 2.55. The Morgan fingerprint density at radius 3 is 2.71 bits per heavy atom. The van der Waals surface area contributed by atoms with Gasteiger partial charge in [0.05, 0.1) is 21.3 Å². The Morgan fingerprint density at radius 1 is 1.06 bits per heavy atom. The molecule has 0 radical (unpaired) electrons. The average Bonchev–Trinajstić information content (AvgIpc) is 3.20. The van der Waals surface area contributed by atoms with Crippen LogP contribution in [0.15, 0.2) is 47.3 Å². The van der Waals surface area contributed by atoms with Crippen molar-refractivity contribution < 1.29 is 4.79 Å². The third-order valence-electron chi connectivity index (χ3n) is 5.49. The first-order valence-electron chi connectivity index (χ1n) is 10.1. The van der Waals surface area contributed by atoms with E-state index in [9.17, 15) is 9.59 Å². The number of carbonyl (C=O) groups is 1. The van der Waals surface area contributed by atoms with E-state index in [1.807, 2.05) is 47.4 Å². The Balaban J connectivity index is 1.20. The van der Waals surface area contributed by atoms with Gasteiger partial charge in [0, 0.05) is 44.0 Å². The third-order valence-corrected chi connectivity index (χ3v) is 6.80. The molecule has 0 spiro atoms. The van der Waals surface area contributed by atoms with E-state index in [-0.39, 0.29) is 17.9 Å². The molecule has 2 aromatic heterocycles. The fourth-order valence-corrected chi connectivity index (χ4v) is 5.08. The number of hydrogen-bond acceptors (Lipinski definition) is 6. The number of halogens is 1. The van der Waals surface area contributed by atoms with E-state index in [4.69, 9.17) is 16.6 Å². The van der Waals surface area contributed by atoms with Crippen LogP contribution in [0.3, 0.4) is 0 Å². The van der Waals surface area contributed by atoms with Crippen molar-refractivity contribution >= 4 is 55.2 Å². The molecule has 1 fully saturated rings. The summed E-state index contributed by atoms with van der Waals surface area (Å²) in [7, 11) is 0. The van der Waals surface area contributed by atoms with E-state index in [0.29, 0.717) is 35.7 Å². The number of amides is 1. The van der Waals surface area contributed by atoms with Gasteiger partial charge in [-0.15, -0.1) is 0 Å². The predicted molar refractivity (Wildman–Crippen MR) is 124 cm³/mol. The summed E-state index contributed by atoms with van der Waals surface area (Å²) < 4.78 is 1.06. The SMILES string of the molecule is O=C(CCc1nc2ccccc2[nH]c1=O)N1CCN(c2nc3ccc(Cl)cc3s2)CC1. The largest absolute Gasteiger partial charge is 0.345 e. The number of benzene rings is 2. The van der Waals surface area contributed by atoms with Crippen molar-refractivity contribution in [2.75, 3.05) is 31.1 Å². The second kappa shape index (κ2) is 8.28. The van der Waals surface area contributed by atoms with Crippen LogP contribution in [0.25, 0.3) is 21.3 Å².